The van der Waals surface area contributed by atoms with Crippen molar-refractivity contribution < 1.29 is 0 Å². The summed E-state index contributed by atoms with van der Waals surface area (Å²) < 4.78 is 0. The van der Waals surface area contributed by atoms with Crippen molar-refractivity contribution in [1.82, 2.24) is 9.97 Å². The van der Waals surface area contributed by atoms with E-state index in [0.29, 0.717) is 5.15 Å². The van der Waals surface area contributed by atoms with Crippen LogP contribution in [-0.2, 0) is 5.41 Å². The quantitative estimate of drug-likeness (QED) is 0.808. The summed E-state index contributed by atoms with van der Waals surface area (Å²) in [6.07, 6.45) is 6.30. The van der Waals surface area contributed by atoms with E-state index in [9.17, 15) is 0 Å². The molecule has 0 bridgehead atoms. The minimum Gasteiger partial charge on any atom is -0.365 e. The van der Waals surface area contributed by atoms with Crippen LogP contribution in [0.2, 0.25) is 5.15 Å². The molecule has 3 nitrogen and oxygen atoms in total. The summed E-state index contributed by atoms with van der Waals surface area (Å²) in [5, 5.41) is 4.09. The third-order valence-corrected chi connectivity index (χ3v) is 3.95. The van der Waals surface area contributed by atoms with E-state index >= 15 is 0 Å². The van der Waals surface area contributed by atoms with E-state index in [-0.39, 0.29) is 11.0 Å². The van der Waals surface area contributed by atoms with Gasteiger partial charge in [0.05, 0.1) is 0 Å². The fourth-order valence-electron chi connectivity index (χ4n) is 2.58. The van der Waals surface area contributed by atoms with Crippen molar-refractivity contribution >= 4 is 17.4 Å². The van der Waals surface area contributed by atoms with Crippen LogP contribution in [0, 0.1) is 0 Å². The predicted octanol–water partition coefficient (Wildman–Crippen LogP) is 4.56. The average Bonchev–Trinajstić information content (AvgIpc) is 2.27. The van der Waals surface area contributed by atoms with E-state index in [4.69, 9.17) is 11.6 Å². The zero-order valence-corrected chi connectivity index (χ0v) is 13.1. The lowest BCUT2D eigenvalue weighted by Crippen LogP contribution is -2.37. The lowest BCUT2D eigenvalue weighted by atomic mass is 9.83. The van der Waals surface area contributed by atoms with Crippen molar-refractivity contribution in [3.8, 4) is 0 Å². The molecule has 2 rings (SSSR count). The van der Waals surface area contributed by atoms with Crippen molar-refractivity contribution in [2.45, 2.75) is 70.8 Å². The van der Waals surface area contributed by atoms with Crippen LogP contribution in [-0.4, -0.2) is 15.5 Å². The van der Waals surface area contributed by atoms with E-state index < -0.39 is 0 Å². The highest BCUT2D eigenvalue weighted by Crippen LogP contribution is 2.31. The second-order valence-corrected chi connectivity index (χ2v) is 7.28. The Morgan fingerprint density at radius 2 is 1.79 bits per heavy atom. The molecule has 1 saturated carbocycles. The Hall–Kier alpha value is -0.830. The van der Waals surface area contributed by atoms with Gasteiger partial charge >= 0.3 is 0 Å². The summed E-state index contributed by atoms with van der Waals surface area (Å²) in [4.78, 5) is 8.97. The highest BCUT2D eigenvalue weighted by molar-refractivity contribution is 6.29. The molecule has 1 heterocycles. The van der Waals surface area contributed by atoms with E-state index in [0.717, 1.165) is 11.6 Å². The van der Waals surface area contributed by atoms with E-state index in [1.165, 1.54) is 32.1 Å². The standard InChI is InChI=1S/C15H24ClN3/c1-14(2,3)13-17-11(16)10-12(18-13)19-15(4)8-6-5-7-9-15/h10H,5-9H2,1-4H3,(H,17,18,19). The molecule has 0 spiro atoms. The molecule has 19 heavy (non-hydrogen) atoms. The first-order valence-electron chi connectivity index (χ1n) is 7.12. The van der Waals surface area contributed by atoms with Crippen LogP contribution in [0.25, 0.3) is 0 Å². The molecular formula is C15H24ClN3. The smallest absolute Gasteiger partial charge is 0.137 e. The Labute approximate surface area is 121 Å². The summed E-state index contributed by atoms with van der Waals surface area (Å²) in [5.74, 6) is 1.65. The summed E-state index contributed by atoms with van der Waals surface area (Å²) in [7, 11) is 0. The van der Waals surface area contributed by atoms with Crippen molar-refractivity contribution in [1.29, 1.82) is 0 Å². The second kappa shape index (κ2) is 5.28. The molecule has 1 N–H and O–H groups in total. The van der Waals surface area contributed by atoms with Crippen molar-refractivity contribution in [3.63, 3.8) is 0 Å². The van der Waals surface area contributed by atoms with Gasteiger partial charge in [0.1, 0.15) is 16.8 Å². The van der Waals surface area contributed by atoms with Gasteiger partial charge in [0.25, 0.3) is 0 Å². The van der Waals surface area contributed by atoms with Crippen molar-refractivity contribution in [2.75, 3.05) is 5.32 Å². The first kappa shape index (κ1) is 14.6. The van der Waals surface area contributed by atoms with Crippen LogP contribution in [0.3, 0.4) is 0 Å². The van der Waals surface area contributed by atoms with Crippen molar-refractivity contribution in [2.24, 2.45) is 0 Å². The molecule has 1 aromatic rings. The predicted molar refractivity (Wildman–Crippen MR) is 80.9 cm³/mol. The maximum Gasteiger partial charge on any atom is 0.137 e. The van der Waals surface area contributed by atoms with Gasteiger partial charge in [-0.05, 0) is 19.8 Å². The Kier molecular flexibility index (Phi) is 4.05. The number of nitrogens with one attached hydrogen (secondary N) is 1. The molecule has 0 unspecified atom stereocenters. The molecule has 4 heteroatoms. The van der Waals surface area contributed by atoms with Crippen LogP contribution < -0.4 is 5.32 Å². The molecule has 106 valence electrons. The molecular weight excluding hydrogens is 258 g/mol. The number of halogens is 1. The average molecular weight is 282 g/mol. The Balaban J connectivity index is 2.22. The fourth-order valence-corrected chi connectivity index (χ4v) is 2.77. The van der Waals surface area contributed by atoms with E-state index in [1.54, 1.807) is 0 Å². The zero-order chi connectivity index (χ0) is 14.1. The molecule has 1 aliphatic carbocycles. The topological polar surface area (TPSA) is 37.8 Å². The van der Waals surface area contributed by atoms with Gasteiger partial charge in [0.15, 0.2) is 0 Å². The third-order valence-electron chi connectivity index (χ3n) is 3.75. The first-order valence-corrected chi connectivity index (χ1v) is 7.50. The van der Waals surface area contributed by atoms with Gasteiger partial charge in [-0.2, -0.15) is 0 Å². The van der Waals surface area contributed by atoms with Crippen molar-refractivity contribution in [3.05, 3.63) is 17.0 Å². The highest BCUT2D eigenvalue weighted by atomic mass is 35.5. The lowest BCUT2D eigenvalue weighted by Gasteiger charge is -2.35. The molecule has 1 fully saturated rings. The number of aromatic nitrogens is 2. The number of anilines is 1. The Morgan fingerprint density at radius 1 is 1.16 bits per heavy atom. The summed E-state index contributed by atoms with van der Waals surface area (Å²) in [6.45, 7) is 8.58. The largest absolute Gasteiger partial charge is 0.365 e. The van der Waals surface area contributed by atoms with E-state index in [2.05, 4.69) is 43.0 Å². The second-order valence-electron chi connectivity index (χ2n) is 6.90. The minimum absolute atomic E-state index is 0.0885. The molecule has 0 atom stereocenters. The number of hydrogen-bond donors (Lipinski definition) is 1. The van der Waals surface area contributed by atoms with Crippen LogP contribution in [0.4, 0.5) is 5.82 Å². The lowest BCUT2D eigenvalue weighted by molar-refractivity contribution is 0.348. The SMILES string of the molecule is CC1(Nc2cc(Cl)nc(C(C)(C)C)n2)CCCCC1. The number of hydrogen-bond acceptors (Lipinski definition) is 3. The minimum atomic E-state index is -0.0885. The van der Waals surface area contributed by atoms with Crippen LogP contribution in [0.15, 0.2) is 6.07 Å². The molecule has 1 aromatic heterocycles. The normalized spacial score (nSPS) is 19.2. The highest BCUT2D eigenvalue weighted by Gasteiger charge is 2.27. The zero-order valence-electron chi connectivity index (χ0n) is 12.4. The Morgan fingerprint density at radius 3 is 2.37 bits per heavy atom. The summed E-state index contributed by atoms with van der Waals surface area (Å²) >= 11 is 6.13. The maximum absolute atomic E-state index is 6.13. The van der Waals surface area contributed by atoms with Gasteiger partial charge in [0, 0.05) is 17.0 Å². The van der Waals surface area contributed by atoms with Gasteiger partial charge in [-0.3, -0.25) is 0 Å². The van der Waals surface area contributed by atoms with Crippen LogP contribution >= 0.6 is 11.6 Å². The molecule has 0 amide bonds. The van der Waals surface area contributed by atoms with Crippen LogP contribution in [0.1, 0.15) is 65.6 Å². The molecule has 0 aliphatic heterocycles. The fraction of sp³-hybridized carbons (Fsp3) is 0.733. The summed E-state index contributed by atoms with van der Waals surface area (Å²) in [5.41, 5.74) is 0.0554. The van der Waals surface area contributed by atoms with Gasteiger partial charge in [-0.1, -0.05) is 51.6 Å². The number of nitrogens with zero attached hydrogens (tertiary/aromatic N) is 2. The molecule has 0 radical (unpaired) electrons. The van der Waals surface area contributed by atoms with Gasteiger partial charge < -0.3 is 5.32 Å². The first-order chi connectivity index (χ1) is 8.78. The van der Waals surface area contributed by atoms with Gasteiger partial charge in [-0.15, -0.1) is 0 Å². The summed E-state index contributed by atoms with van der Waals surface area (Å²) in [6, 6.07) is 1.83. The number of rotatable bonds is 2. The Bertz CT molecular complexity index is 445. The van der Waals surface area contributed by atoms with Gasteiger partial charge in [-0.25, -0.2) is 9.97 Å². The maximum atomic E-state index is 6.13. The van der Waals surface area contributed by atoms with E-state index in [1.807, 2.05) is 6.07 Å². The molecule has 0 saturated heterocycles. The molecule has 1 aliphatic rings. The van der Waals surface area contributed by atoms with Gasteiger partial charge in [0.2, 0.25) is 0 Å². The molecule has 0 aromatic carbocycles. The van der Waals surface area contributed by atoms with Crippen LogP contribution in [0.5, 0.6) is 0 Å². The monoisotopic (exact) mass is 281 g/mol. The third kappa shape index (κ3) is 3.82.